The van der Waals surface area contributed by atoms with Crippen molar-refractivity contribution >= 4 is 29.8 Å². The van der Waals surface area contributed by atoms with Crippen molar-refractivity contribution in [2.24, 2.45) is 10.9 Å². The van der Waals surface area contributed by atoms with E-state index in [1.165, 1.54) is 12.3 Å². The van der Waals surface area contributed by atoms with Crippen LogP contribution in [0, 0.1) is 5.92 Å². The minimum absolute atomic E-state index is 0.0619. The maximum Gasteiger partial charge on any atom is 0.269 e. The maximum atomic E-state index is 12.6. The van der Waals surface area contributed by atoms with Gasteiger partial charge in [-0.15, -0.1) is 0 Å². The van der Waals surface area contributed by atoms with E-state index in [0.717, 1.165) is 31.0 Å². The number of likely N-dealkylation sites (N-methyl/N-ethyl adjacent to an activating group) is 1. The van der Waals surface area contributed by atoms with Gasteiger partial charge in [-0.2, -0.15) is 11.8 Å². The molecule has 0 spiro atoms. The lowest BCUT2D eigenvalue weighted by atomic mass is 10.1. The van der Waals surface area contributed by atoms with E-state index in [2.05, 4.69) is 9.89 Å². The fraction of sp³-hybridized carbons (Fsp3) is 0.643. The molecule has 0 bridgehead atoms. The van der Waals surface area contributed by atoms with Crippen LogP contribution in [-0.4, -0.2) is 72.6 Å². The van der Waals surface area contributed by atoms with Gasteiger partial charge in [0, 0.05) is 31.1 Å². The first-order valence-electron chi connectivity index (χ1n) is 6.87. The molecular formula is C14H21N3O2S. The summed E-state index contributed by atoms with van der Waals surface area (Å²) in [7, 11) is 4.05. The third kappa shape index (κ3) is 3.93. The zero-order valence-electron chi connectivity index (χ0n) is 12.0. The van der Waals surface area contributed by atoms with Crippen LogP contribution in [0.2, 0.25) is 0 Å². The minimum atomic E-state index is -0.388. The highest BCUT2D eigenvalue weighted by atomic mass is 32.2. The van der Waals surface area contributed by atoms with Gasteiger partial charge in [-0.3, -0.25) is 9.59 Å². The lowest BCUT2D eigenvalue weighted by molar-refractivity contribution is -0.134. The largest absolute Gasteiger partial charge is 0.337 e. The number of carbonyl (C=O) groups excluding carboxylic acids is 2. The summed E-state index contributed by atoms with van der Waals surface area (Å²) in [5.41, 5.74) is 0. The van der Waals surface area contributed by atoms with E-state index in [9.17, 15) is 9.59 Å². The van der Waals surface area contributed by atoms with Crippen molar-refractivity contribution in [1.82, 2.24) is 9.80 Å². The highest BCUT2D eigenvalue weighted by Gasteiger charge is 2.30. The molecule has 0 radical (unpaired) electrons. The van der Waals surface area contributed by atoms with Crippen LogP contribution in [0.25, 0.3) is 0 Å². The van der Waals surface area contributed by atoms with Crippen molar-refractivity contribution in [3.63, 3.8) is 0 Å². The average Bonchev–Trinajstić information content (AvgIpc) is 2.63. The van der Waals surface area contributed by atoms with Gasteiger partial charge in [0.2, 0.25) is 5.91 Å². The van der Waals surface area contributed by atoms with E-state index in [1.807, 2.05) is 30.8 Å². The van der Waals surface area contributed by atoms with Gasteiger partial charge in [0.25, 0.3) is 5.91 Å². The average molecular weight is 295 g/mol. The first-order chi connectivity index (χ1) is 9.58. The van der Waals surface area contributed by atoms with E-state index in [4.69, 9.17) is 0 Å². The smallest absolute Gasteiger partial charge is 0.269 e. The molecule has 2 unspecified atom stereocenters. The van der Waals surface area contributed by atoms with Crippen molar-refractivity contribution in [1.29, 1.82) is 0 Å². The summed E-state index contributed by atoms with van der Waals surface area (Å²) in [6.07, 6.45) is 5.53. The Labute approximate surface area is 124 Å². The Bertz CT molecular complexity index is 418. The number of hydrogen-bond acceptors (Lipinski definition) is 4. The quantitative estimate of drug-likeness (QED) is 0.768. The molecule has 2 heterocycles. The number of aliphatic imine (C=N–C) groups is 1. The number of amides is 2. The standard InChI is InChI=1S/C14H21N3O2S/c1-16(2)9-12-10-20-7-3-6-17(12)14(19)11-4-5-13(18)15-8-11/h4-5,8,11-12H,3,6-7,9-10H2,1-2H3. The zero-order chi connectivity index (χ0) is 14.5. The van der Waals surface area contributed by atoms with Crippen LogP contribution >= 0.6 is 11.8 Å². The summed E-state index contributed by atoms with van der Waals surface area (Å²) in [6, 6.07) is 0.226. The summed E-state index contributed by atoms with van der Waals surface area (Å²) >= 11 is 1.91. The van der Waals surface area contributed by atoms with Crippen molar-refractivity contribution in [2.45, 2.75) is 12.5 Å². The fourth-order valence-corrected chi connectivity index (χ4v) is 3.52. The highest BCUT2D eigenvalue weighted by molar-refractivity contribution is 7.99. The Kier molecular flexibility index (Phi) is 5.37. The van der Waals surface area contributed by atoms with Gasteiger partial charge in [-0.25, -0.2) is 4.99 Å². The highest BCUT2D eigenvalue weighted by Crippen LogP contribution is 2.20. The molecule has 0 aromatic rings. The lowest BCUT2D eigenvalue weighted by Crippen LogP contribution is -2.49. The molecule has 2 atom stereocenters. The van der Waals surface area contributed by atoms with Crippen molar-refractivity contribution < 1.29 is 9.59 Å². The zero-order valence-corrected chi connectivity index (χ0v) is 12.8. The number of nitrogens with zero attached hydrogens (tertiary/aromatic N) is 3. The molecule has 0 aromatic heterocycles. The van der Waals surface area contributed by atoms with Crippen molar-refractivity contribution in [2.75, 3.05) is 38.7 Å². The predicted molar refractivity (Wildman–Crippen MR) is 82.1 cm³/mol. The van der Waals surface area contributed by atoms with Gasteiger partial charge >= 0.3 is 0 Å². The van der Waals surface area contributed by atoms with Crippen molar-refractivity contribution in [3.05, 3.63) is 12.2 Å². The Morgan fingerprint density at radius 1 is 1.55 bits per heavy atom. The first-order valence-corrected chi connectivity index (χ1v) is 8.02. The monoisotopic (exact) mass is 295 g/mol. The van der Waals surface area contributed by atoms with Gasteiger partial charge in [0.1, 0.15) is 0 Å². The first kappa shape index (κ1) is 15.3. The summed E-state index contributed by atoms with van der Waals surface area (Å²) in [4.78, 5) is 31.5. The lowest BCUT2D eigenvalue weighted by Gasteiger charge is -2.33. The molecule has 110 valence electrons. The fourth-order valence-electron chi connectivity index (χ4n) is 2.46. The number of carbonyl (C=O) groups is 2. The molecule has 1 fully saturated rings. The molecule has 2 aliphatic heterocycles. The molecule has 0 aromatic carbocycles. The van der Waals surface area contributed by atoms with Crippen LogP contribution in [-0.2, 0) is 9.59 Å². The maximum absolute atomic E-state index is 12.6. The molecule has 0 N–H and O–H groups in total. The molecule has 1 saturated heterocycles. The molecular weight excluding hydrogens is 274 g/mol. The number of thioether (sulfide) groups is 1. The molecule has 0 aliphatic carbocycles. The molecule has 2 amide bonds. The Hall–Kier alpha value is -1.14. The minimum Gasteiger partial charge on any atom is -0.337 e. The summed E-state index contributed by atoms with van der Waals surface area (Å²) in [5, 5.41) is 0. The van der Waals surface area contributed by atoms with Crippen LogP contribution in [0.1, 0.15) is 6.42 Å². The Balaban J connectivity index is 2.09. The summed E-state index contributed by atoms with van der Waals surface area (Å²) in [5.74, 6) is 1.45. The molecule has 5 nitrogen and oxygen atoms in total. The van der Waals surface area contributed by atoms with E-state index >= 15 is 0 Å². The summed E-state index contributed by atoms with van der Waals surface area (Å²) in [6.45, 7) is 1.65. The van der Waals surface area contributed by atoms with Gasteiger partial charge in [0.15, 0.2) is 0 Å². The summed E-state index contributed by atoms with van der Waals surface area (Å²) < 4.78 is 0. The molecule has 2 rings (SSSR count). The molecule has 0 saturated carbocycles. The second-order valence-electron chi connectivity index (χ2n) is 5.38. The number of rotatable bonds is 3. The SMILES string of the molecule is CN(C)CC1CSCCCN1C(=O)C1C=CC(=O)N=C1. The number of dihydropyridines is 1. The molecule has 20 heavy (non-hydrogen) atoms. The predicted octanol–water partition coefficient (Wildman–Crippen LogP) is 0.665. The third-order valence-electron chi connectivity index (χ3n) is 3.39. The third-order valence-corrected chi connectivity index (χ3v) is 4.59. The van der Waals surface area contributed by atoms with Crippen LogP contribution in [0.15, 0.2) is 17.1 Å². The normalized spacial score (nSPS) is 26.9. The van der Waals surface area contributed by atoms with Crippen molar-refractivity contribution in [3.8, 4) is 0 Å². The van der Waals surface area contributed by atoms with Crippen LogP contribution < -0.4 is 0 Å². The molecule has 2 aliphatic rings. The van der Waals surface area contributed by atoms with Gasteiger partial charge in [-0.1, -0.05) is 6.08 Å². The van der Waals surface area contributed by atoms with Crippen LogP contribution in [0.3, 0.4) is 0 Å². The van der Waals surface area contributed by atoms with Gasteiger partial charge in [-0.05, 0) is 26.3 Å². The van der Waals surface area contributed by atoms with Crippen LogP contribution in [0.4, 0.5) is 0 Å². The topological polar surface area (TPSA) is 53.0 Å². The molecule has 6 heteroatoms. The van der Waals surface area contributed by atoms with Gasteiger partial charge in [0.05, 0.1) is 12.0 Å². The van der Waals surface area contributed by atoms with E-state index in [1.54, 1.807) is 6.08 Å². The second-order valence-corrected chi connectivity index (χ2v) is 6.53. The number of hydrogen-bond donors (Lipinski definition) is 0. The Morgan fingerprint density at radius 2 is 2.35 bits per heavy atom. The second kappa shape index (κ2) is 7.04. The van der Waals surface area contributed by atoms with E-state index in [0.29, 0.717) is 0 Å². The Morgan fingerprint density at radius 3 is 3.00 bits per heavy atom. The van der Waals surface area contributed by atoms with Gasteiger partial charge < -0.3 is 9.80 Å². The van der Waals surface area contributed by atoms with Crippen LogP contribution in [0.5, 0.6) is 0 Å². The van der Waals surface area contributed by atoms with E-state index < -0.39 is 0 Å². The van der Waals surface area contributed by atoms with E-state index in [-0.39, 0.29) is 23.8 Å².